The molecule has 0 saturated carbocycles. The highest BCUT2D eigenvalue weighted by atomic mass is 32.1. The Kier molecular flexibility index (Phi) is 14.2. The average Bonchev–Trinajstić information content (AvgIpc) is 2.90. The van der Waals surface area contributed by atoms with Gasteiger partial charge in [0.25, 0.3) is 0 Å². The summed E-state index contributed by atoms with van der Waals surface area (Å²) in [6.45, 7) is 25.7. The zero-order valence-corrected chi connectivity index (χ0v) is 32.4. The minimum Gasteiger partial charge on any atom is -0.408 e. The van der Waals surface area contributed by atoms with Crippen LogP contribution in [0.4, 0.5) is 0 Å². The summed E-state index contributed by atoms with van der Waals surface area (Å²) in [6.07, 6.45) is 2.31. The highest BCUT2D eigenvalue weighted by molar-refractivity contribution is 7.80. The largest absolute Gasteiger partial charge is 0.497 e. The first-order valence-corrected chi connectivity index (χ1v) is 24.0. The fourth-order valence-electron chi connectivity index (χ4n) is 5.33. The first-order valence-electron chi connectivity index (χ1n) is 13.6. The Morgan fingerprint density at radius 3 is 1.29 bits per heavy atom. The first kappa shape index (κ1) is 38.9. The van der Waals surface area contributed by atoms with E-state index in [0.717, 1.165) is 12.8 Å². The van der Waals surface area contributed by atoms with Crippen LogP contribution in [0.15, 0.2) is 0 Å². The predicted molar refractivity (Wildman–Crippen MR) is 169 cm³/mol. The van der Waals surface area contributed by atoms with Crippen molar-refractivity contribution in [3.8, 4) is 0 Å². The fraction of sp³-hybridized carbons (Fsp3) is 1.00. The van der Waals surface area contributed by atoms with Crippen LogP contribution in [0.3, 0.4) is 0 Å². The molecule has 8 nitrogen and oxygen atoms in total. The first-order chi connectivity index (χ1) is 17.2. The van der Waals surface area contributed by atoms with Crippen molar-refractivity contribution in [3.05, 3.63) is 0 Å². The molecule has 0 amide bonds. The Hall–Kier alpha value is 0.898. The van der Waals surface area contributed by atoms with Gasteiger partial charge in [0.1, 0.15) is 10.4 Å². The molecule has 0 spiro atoms. The Bertz CT molecular complexity index is 744. The van der Waals surface area contributed by atoms with E-state index in [1.54, 1.807) is 35.5 Å². The van der Waals surface area contributed by atoms with Crippen LogP contribution < -0.4 is 0 Å². The molecule has 5 atom stereocenters. The summed E-state index contributed by atoms with van der Waals surface area (Å²) in [7, 11) is -2.82. The van der Waals surface area contributed by atoms with Gasteiger partial charge in [-0.2, -0.15) is 12.6 Å². The van der Waals surface area contributed by atoms with Crippen LogP contribution in [-0.2, 0) is 35.4 Å². The Morgan fingerprint density at radius 2 is 1.00 bits per heavy atom. The minimum atomic E-state index is -3.03. The lowest BCUT2D eigenvalue weighted by Gasteiger charge is -2.59. The SMILES string of the molecule is CCC(C)([C@@](C)(CC)O[Si](C)(OC)[C@](C)(CC)O[Si](C)(OC)OC)[Si](C)(C)OC(C)(CS)[Si](C)(OC)OC. The van der Waals surface area contributed by atoms with Gasteiger partial charge in [-0.3, -0.25) is 0 Å². The highest BCUT2D eigenvalue weighted by Crippen LogP contribution is 2.57. The van der Waals surface area contributed by atoms with Crippen molar-refractivity contribution in [1.29, 1.82) is 0 Å². The summed E-state index contributed by atoms with van der Waals surface area (Å²) in [4.78, 5) is 0. The molecule has 0 aliphatic rings. The highest BCUT2D eigenvalue weighted by Gasteiger charge is 2.65. The molecule has 0 saturated heterocycles. The van der Waals surface area contributed by atoms with Gasteiger partial charge in [0, 0.05) is 52.9 Å². The normalized spacial score (nSPS) is 21.6. The van der Waals surface area contributed by atoms with Crippen LogP contribution in [0.2, 0.25) is 37.8 Å². The third-order valence-corrected chi connectivity index (χ3v) is 25.9. The summed E-state index contributed by atoms with van der Waals surface area (Å²) in [5.41, 5.74) is -0.581. The van der Waals surface area contributed by atoms with Gasteiger partial charge in [0.05, 0.1) is 5.60 Å². The Balaban J connectivity index is 6.85. The Labute approximate surface area is 244 Å². The third-order valence-electron chi connectivity index (χ3n) is 10.00. The van der Waals surface area contributed by atoms with E-state index in [-0.39, 0.29) is 5.04 Å². The topological polar surface area (TPSA) is 73.8 Å². The predicted octanol–water partition coefficient (Wildman–Crippen LogP) is 6.46. The van der Waals surface area contributed by atoms with Gasteiger partial charge in [-0.25, -0.2) is 0 Å². The van der Waals surface area contributed by atoms with Gasteiger partial charge in [-0.15, -0.1) is 0 Å². The van der Waals surface area contributed by atoms with Gasteiger partial charge in [0.2, 0.25) is 0 Å². The van der Waals surface area contributed by atoms with Crippen LogP contribution >= 0.6 is 12.6 Å². The number of rotatable bonds is 19. The van der Waals surface area contributed by atoms with Crippen molar-refractivity contribution in [2.24, 2.45) is 0 Å². The smallest absolute Gasteiger partial charge is 0.408 e. The molecule has 0 N–H and O–H groups in total. The van der Waals surface area contributed by atoms with Crippen molar-refractivity contribution in [2.45, 2.75) is 122 Å². The zero-order chi connectivity index (χ0) is 30.5. The number of hydrogen-bond donors (Lipinski definition) is 1. The second kappa shape index (κ2) is 13.9. The maximum atomic E-state index is 7.33. The molecule has 0 radical (unpaired) electrons. The van der Waals surface area contributed by atoms with Crippen molar-refractivity contribution in [1.82, 2.24) is 0 Å². The molecule has 0 bridgehead atoms. The van der Waals surface area contributed by atoms with Crippen molar-refractivity contribution >= 4 is 46.9 Å². The number of thiol groups is 1. The van der Waals surface area contributed by atoms with Crippen LogP contribution in [0, 0.1) is 0 Å². The second-order valence-corrected chi connectivity index (χ2v) is 26.6. The molecule has 0 rings (SSSR count). The summed E-state index contributed by atoms with van der Waals surface area (Å²) in [5, 5.41) is -1.70. The zero-order valence-electron chi connectivity index (χ0n) is 27.5. The van der Waals surface area contributed by atoms with Crippen molar-refractivity contribution < 1.29 is 35.4 Å². The molecule has 0 fully saturated rings. The van der Waals surface area contributed by atoms with E-state index in [1.807, 2.05) is 13.1 Å². The lowest BCUT2D eigenvalue weighted by Crippen LogP contribution is -2.71. The van der Waals surface area contributed by atoms with Gasteiger partial charge in [-0.1, -0.05) is 27.7 Å². The fourth-order valence-corrected chi connectivity index (χ4v) is 18.3. The van der Waals surface area contributed by atoms with Crippen LogP contribution in [0.1, 0.15) is 67.7 Å². The molecule has 230 valence electrons. The van der Waals surface area contributed by atoms with Gasteiger partial charge < -0.3 is 35.4 Å². The average molecular weight is 633 g/mol. The second-order valence-electron chi connectivity index (χ2n) is 11.8. The van der Waals surface area contributed by atoms with Gasteiger partial charge in [0.15, 0.2) is 8.32 Å². The molecule has 38 heavy (non-hydrogen) atoms. The van der Waals surface area contributed by atoms with Gasteiger partial charge in [-0.05, 0) is 66.2 Å². The van der Waals surface area contributed by atoms with E-state index in [0.29, 0.717) is 12.2 Å². The molecule has 13 heteroatoms. The molecule has 0 aromatic carbocycles. The van der Waals surface area contributed by atoms with Crippen molar-refractivity contribution in [2.75, 3.05) is 41.3 Å². The van der Waals surface area contributed by atoms with E-state index < -0.39 is 50.3 Å². The van der Waals surface area contributed by atoms with E-state index in [1.165, 1.54) is 0 Å². The minimum absolute atomic E-state index is 0.319. The van der Waals surface area contributed by atoms with Crippen LogP contribution in [0.25, 0.3) is 0 Å². The summed E-state index contributed by atoms with van der Waals surface area (Å²) >= 11 is 4.72. The molecular formula is C25H60O8SSi4. The lowest BCUT2D eigenvalue weighted by atomic mass is 9.85. The summed E-state index contributed by atoms with van der Waals surface area (Å²) in [5.74, 6) is 0.487. The van der Waals surface area contributed by atoms with Crippen LogP contribution in [-0.4, -0.2) is 91.6 Å². The van der Waals surface area contributed by atoms with Crippen LogP contribution in [0.5, 0.6) is 0 Å². The standard InChI is InChI=1S/C25H60O8SSi4/c1-18-22(4,31-37(16,28-10)24(6,20-3)33-38(17,29-11)30-12)23(5,19-2)35(13,14)32-25(7,21-34)36(15,26-8)27-9/h34H,18-21H2,1-17H3/t22-,23?,24-,25?,37?/m1/s1. The van der Waals surface area contributed by atoms with E-state index in [4.69, 9.17) is 48.0 Å². The number of hydrogen-bond acceptors (Lipinski definition) is 9. The van der Waals surface area contributed by atoms with E-state index >= 15 is 0 Å². The maximum Gasteiger partial charge on any atom is 0.497 e. The molecule has 0 aliphatic heterocycles. The molecular weight excluding hydrogens is 573 g/mol. The quantitative estimate of drug-likeness (QED) is 0.129. The Morgan fingerprint density at radius 1 is 0.553 bits per heavy atom. The third kappa shape index (κ3) is 7.09. The lowest BCUT2D eigenvalue weighted by molar-refractivity contribution is -0.0537. The monoisotopic (exact) mass is 632 g/mol. The van der Waals surface area contributed by atoms with Gasteiger partial charge >= 0.3 is 25.9 Å². The van der Waals surface area contributed by atoms with E-state index in [9.17, 15) is 0 Å². The molecule has 0 aromatic rings. The van der Waals surface area contributed by atoms with E-state index in [2.05, 4.69) is 68.1 Å². The molecule has 0 aromatic heterocycles. The summed E-state index contributed by atoms with van der Waals surface area (Å²) < 4.78 is 50.9. The molecule has 3 unspecified atom stereocenters. The summed E-state index contributed by atoms with van der Waals surface area (Å²) in [6, 6.07) is 0. The molecule has 0 aliphatic carbocycles. The molecule has 0 heterocycles. The maximum absolute atomic E-state index is 7.33. The van der Waals surface area contributed by atoms with Crippen molar-refractivity contribution in [3.63, 3.8) is 0 Å².